The highest BCUT2D eigenvalue weighted by atomic mass is 16.4. The predicted octanol–water partition coefficient (Wildman–Crippen LogP) is -0.0157. The van der Waals surface area contributed by atoms with Gasteiger partial charge in [0.15, 0.2) is 0 Å². The molecule has 2 rings (SSSR count). The molecule has 0 saturated heterocycles. The van der Waals surface area contributed by atoms with Crippen LogP contribution in [0.1, 0.15) is 25.7 Å². The SMILES string of the molecule is O=C(O)C(CO)NC(=O)C1C2CCCCC21. The molecule has 5 heteroatoms. The van der Waals surface area contributed by atoms with Crippen molar-refractivity contribution in [1.29, 1.82) is 0 Å². The van der Waals surface area contributed by atoms with E-state index in [0.717, 1.165) is 12.8 Å². The van der Waals surface area contributed by atoms with Crippen LogP contribution in [0.5, 0.6) is 0 Å². The summed E-state index contributed by atoms with van der Waals surface area (Å²) >= 11 is 0. The zero-order chi connectivity index (χ0) is 11.7. The lowest BCUT2D eigenvalue weighted by atomic mass is 10.0. The number of carbonyl (C=O) groups is 2. The van der Waals surface area contributed by atoms with Gasteiger partial charge in [-0.15, -0.1) is 0 Å². The van der Waals surface area contributed by atoms with E-state index in [1.54, 1.807) is 0 Å². The van der Waals surface area contributed by atoms with Crippen molar-refractivity contribution in [2.75, 3.05) is 6.61 Å². The van der Waals surface area contributed by atoms with Gasteiger partial charge in [0, 0.05) is 5.92 Å². The lowest BCUT2D eigenvalue weighted by molar-refractivity contribution is -0.143. The van der Waals surface area contributed by atoms with Gasteiger partial charge in [-0.3, -0.25) is 4.79 Å². The average Bonchev–Trinajstić information content (AvgIpc) is 2.99. The topological polar surface area (TPSA) is 86.6 Å². The van der Waals surface area contributed by atoms with Crippen LogP contribution in [-0.2, 0) is 9.59 Å². The zero-order valence-electron chi connectivity index (χ0n) is 9.06. The van der Waals surface area contributed by atoms with Crippen LogP contribution in [0.25, 0.3) is 0 Å². The highest BCUT2D eigenvalue weighted by molar-refractivity contribution is 5.87. The van der Waals surface area contributed by atoms with Gasteiger partial charge in [0.25, 0.3) is 0 Å². The largest absolute Gasteiger partial charge is 0.480 e. The van der Waals surface area contributed by atoms with Crippen molar-refractivity contribution in [3.63, 3.8) is 0 Å². The first-order valence-electron chi connectivity index (χ1n) is 5.79. The molecule has 2 fully saturated rings. The van der Waals surface area contributed by atoms with E-state index in [1.807, 2.05) is 0 Å². The summed E-state index contributed by atoms with van der Waals surface area (Å²) in [6.07, 6.45) is 4.51. The summed E-state index contributed by atoms with van der Waals surface area (Å²) in [5.41, 5.74) is 0. The van der Waals surface area contributed by atoms with E-state index in [1.165, 1.54) is 12.8 Å². The maximum absolute atomic E-state index is 11.8. The molecule has 5 nitrogen and oxygen atoms in total. The van der Waals surface area contributed by atoms with Gasteiger partial charge in [-0.2, -0.15) is 0 Å². The Morgan fingerprint density at radius 3 is 2.25 bits per heavy atom. The molecule has 0 heterocycles. The van der Waals surface area contributed by atoms with Gasteiger partial charge in [-0.25, -0.2) is 4.79 Å². The normalized spacial score (nSPS) is 33.7. The lowest BCUT2D eigenvalue weighted by Crippen LogP contribution is -2.44. The van der Waals surface area contributed by atoms with E-state index in [-0.39, 0.29) is 11.8 Å². The minimum absolute atomic E-state index is 0.00380. The quantitative estimate of drug-likeness (QED) is 0.630. The van der Waals surface area contributed by atoms with Crippen molar-refractivity contribution in [3.05, 3.63) is 0 Å². The maximum Gasteiger partial charge on any atom is 0.328 e. The fraction of sp³-hybridized carbons (Fsp3) is 0.818. The van der Waals surface area contributed by atoms with Crippen LogP contribution >= 0.6 is 0 Å². The van der Waals surface area contributed by atoms with E-state index in [2.05, 4.69) is 5.32 Å². The van der Waals surface area contributed by atoms with Gasteiger partial charge >= 0.3 is 5.97 Å². The Hall–Kier alpha value is -1.10. The molecule has 16 heavy (non-hydrogen) atoms. The first-order valence-corrected chi connectivity index (χ1v) is 5.79. The standard InChI is InChI=1S/C11H17NO4/c13-5-8(11(15)16)12-10(14)9-6-3-1-2-4-7(6)9/h6-9,13H,1-5H2,(H,12,14)(H,15,16). The number of amides is 1. The molecule has 2 aliphatic carbocycles. The number of carbonyl (C=O) groups excluding carboxylic acids is 1. The Labute approximate surface area is 93.8 Å². The molecular weight excluding hydrogens is 210 g/mol. The summed E-state index contributed by atoms with van der Waals surface area (Å²) in [5.74, 6) is -0.461. The molecule has 3 unspecified atom stereocenters. The van der Waals surface area contributed by atoms with Crippen molar-refractivity contribution in [1.82, 2.24) is 5.32 Å². The van der Waals surface area contributed by atoms with Crippen molar-refractivity contribution < 1.29 is 19.8 Å². The van der Waals surface area contributed by atoms with Crippen molar-refractivity contribution in [2.45, 2.75) is 31.7 Å². The number of aliphatic hydroxyl groups excluding tert-OH is 1. The molecule has 3 atom stereocenters. The summed E-state index contributed by atoms with van der Waals surface area (Å²) < 4.78 is 0. The van der Waals surface area contributed by atoms with E-state index >= 15 is 0 Å². The monoisotopic (exact) mass is 227 g/mol. The number of carboxylic acids is 1. The lowest BCUT2D eigenvalue weighted by Gasteiger charge is -2.11. The smallest absolute Gasteiger partial charge is 0.328 e. The van der Waals surface area contributed by atoms with Crippen molar-refractivity contribution in [2.24, 2.45) is 17.8 Å². The number of rotatable bonds is 4. The van der Waals surface area contributed by atoms with Gasteiger partial charge in [-0.05, 0) is 24.7 Å². The molecule has 1 amide bonds. The summed E-state index contributed by atoms with van der Waals surface area (Å²) in [4.78, 5) is 22.4. The number of hydrogen-bond acceptors (Lipinski definition) is 3. The molecule has 0 aromatic heterocycles. The van der Waals surface area contributed by atoms with E-state index in [0.29, 0.717) is 11.8 Å². The first-order chi connectivity index (χ1) is 7.65. The van der Waals surface area contributed by atoms with Crippen LogP contribution in [-0.4, -0.2) is 34.7 Å². The van der Waals surface area contributed by atoms with Gasteiger partial charge in [0.2, 0.25) is 5.91 Å². The number of nitrogens with one attached hydrogen (secondary N) is 1. The molecule has 0 radical (unpaired) electrons. The number of aliphatic hydroxyl groups is 1. The second-order valence-electron chi connectivity index (χ2n) is 4.72. The summed E-state index contributed by atoms with van der Waals surface area (Å²) in [7, 11) is 0. The third-order valence-corrected chi connectivity index (χ3v) is 3.76. The van der Waals surface area contributed by atoms with Gasteiger partial charge < -0.3 is 15.5 Å². The van der Waals surface area contributed by atoms with Crippen LogP contribution in [0.3, 0.4) is 0 Å². The second kappa shape index (κ2) is 4.41. The van der Waals surface area contributed by atoms with Crippen LogP contribution in [0.15, 0.2) is 0 Å². The van der Waals surface area contributed by atoms with E-state index in [9.17, 15) is 9.59 Å². The molecule has 3 N–H and O–H groups in total. The minimum Gasteiger partial charge on any atom is -0.480 e. The molecule has 90 valence electrons. The fourth-order valence-electron chi connectivity index (χ4n) is 2.83. The molecule has 0 aromatic rings. The van der Waals surface area contributed by atoms with Crippen LogP contribution in [0.4, 0.5) is 0 Å². The minimum atomic E-state index is -1.18. The molecule has 2 aliphatic rings. The molecule has 0 aliphatic heterocycles. The third-order valence-electron chi connectivity index (χ3n) is 3.76. The highest BCUT2D eigenvalue weighted by Gasteiger charge is 2.54. The number of aliphatic carboxylic acids is 1. The van der Waals surface area contributed by atoms with Crippen LogP contribution in [0, 0.1) is 17.8 Å². The number of hydrogen-bond donors (Lipinski definition) is 3. The highest BCUT2D eigenvalue weighted by Crippen LogP contribution is 2.55. The van der Waals surface area contributed by atoms with Crippen molar-refractivity contribution in [3.8, 4) is 0 Å². The van der Waals surface area contributed by atoms with Crippen LogP contribution in [0.2, 0.25) is 0 Å². The number of carboxylic acid groups (broad SMARTS) is 1. The first kappa shape index (κ1) is 11.4. The zero-order valence-corrected chi connectivity index (χ0v) is 9.06. The fourth-order valence-corrected chi connectivity index (χ4v) is 2.83. The Bertz CT molecular complexity index is 292. The predicted molar refractivity (Wildman–Crippen MR) is 55.6 cm³/mol. The molecule has 2 saturated carbocycles. The van der Waals surface area contributed by atoms with E-state index < -0.39 is 18.6 Å². The molecule has 0 aromatic carbocycles. The Kier molecular flexibility index (Phi) is 3.14. The van der Waals surface area contributed by atoms with E-state index in [4.69, 9.17) is 10.2 Å². The summed E-state index contributed by atoms with van der Waals surface area (Å²) in [6, 6.07) is -1.16. The van der Waals surface area contributed by atoms with Gasteiger partial charge in [-0.1, -0.05) is 12.8 Å². The Morgan fingerprint density at radius 2 is 1.81 bits per heavy atom. The summed E-state index contributed by atoms with van der Waals surface area (Å²) in [6.45, 7) is -0.552. The second-order valence-corrected chi connectivity index (χ2v) is 4.72. The van der Waals surface area contributed by atoms with Gasteiger partial charge in [0.05, 0.1) is 6.61 Å². The van der Waals surface area contributed by atoms with Crippen molar-refractivity contribution >= 4 is 11.9 Å². The molecular formula is C11H17NO4. The Morgan fingerprint density at radius 1 is 1.25 bits per heavy atom. The maximum atomic E-state index is 11.8. The number of fused-ring (bicyclic) bond motifs is 1. The summed E-state index contributed by atoms with van der Waals surface area (Å²) in [5, 5.41) is 19.9. The average molecular weight is 227 g/mol. The third kappa shape index (κ3) is 2.04. The van der Waals surface area contributed by atoms with Gasteiger partial charge in [0.1, 0.15) is 6.04 Å². The Balaban J connectivity index is 1.87. The molecule has 0 bridgehead atoms. The van der Waals surface area contributed by atoms with Crippen LogP contribution < -0.4 is 5.32 Å². The molecule has 0 spiro atoms.